The monoisotopic (exact) mass is 133 g/mol. The maximum Gasteiger partial charge on any atom is 0.0897 e. The van der Waals surface area contributed by atoms with Crippen LogP contribution >= 0.6 is 11.3 Å². The van der Waals surface area contributed by atoms with Crippen LogP contribution in [-0.2, 0) is 0 Å². The van der Waals surface area contributed by atoms with E-state index in [4.69, 9.17) is 0 Å². The van der Waals surface area contributed by atoms with Crippen molar-refractivity contribution >= 4 is 21.6 Å². The summed E-state index contributed by atoms with van der Waals surface area (Å²) in [7, 11) is 0. The van der Waals surface area contributed by atoms with Gasteiger partial charge in [-0.15, -0.1) is 11.3 Å². The predicted octanol–water partition coefficient (Wildman–Crippen LogP) is 1.90. The summed E-state index contributed by atoms with van der Waals surface area (Å²) >= 11 is 1.59. The molecule has 0 aliphatic rings. The van der Waals surface area contributed by atoms with Gasteiger partial charge >= 0.3 is 0 Å². The zero-order valence-electron chi connectivity index (χ0n) is 4.59. The lowest BCUT2D eigenvalue weighted by atomic mass is 10.3. The molecule has 1 aromatic carbocycles. The number of hydrogen-bond acceptors (Lipinski definition) is 2. The van der Waals surface area contributed by atoms with Gasteiger partial charge in [0.2, 0.25) is 0 Å². The number of rotatable bonds is 0. The third kappa shape index (κ3) is 0.715. The van der Waals surface area contributed by atoms with Crippen molar-refractivity contribution < 1.29 is 0 Å². The van der Waals surface area contributed by atoms with Gasteiger partial charge in [-0.05, 0) is 0 Å². The molecule has 0 spiro atoms. The highest BCUT2D eigenvalue weighted by atomic mass is 32.1. The van der Waals surface area contributed by atoms with Gasteiger partial charge in [0.05, 0.1) is 15.7 Å². The molecule has 9 heavy (non-hydrogen) atoms. The predicted molar refractivity (Wildman–Crippen MR) is 37.3 cm³/mol. The summed E-state index contributed by atoms with van der Waals surface area (Å²) in [6, 6.07) is 9.72. The van der Waals surface area contributed by atoms with Crippen LogP contribution in [0.3, 0.4) is 0 Å². The first kappa shape index (κ1) is 4.94. The van der Waals surface area contributed by atoms with Crippen LogP contribution in [0.2, 0.25) is 0 Å². The van der Waals surface area contributed by atoms with E-state index < -0.39 is 0 Å². The number of aromatic nitrogens is 1. The summed E-state index contributed by atoms with van der Waals surface area (Å²) in [5.74, 6) is 0. The summed E-state index contributed by atoms with van der Waals surface area (Å²) in [4.78, 5) is 4.05. The van der Waals surface area contributed by atoms with Crippen molar-refractivity contribution in [3.8, 4) is 0 Å². The van der Waals surface area contributed by atoms with Crippen LogP contribution < -0.4 is 0 Å². The lowest BCUT2D eigenvalue weighted by Crippen LogP contribution is -1.63. The smallest absolute Gasteiger partial charge is 0.0897 e. The molecule has 0 atom stereocenters. The molecule has 0 saturated heterocycles. The molecule has 1 aromatic heterocycles. The molecule has 2 radical (unpaired) electrons. The minimum absolute atomic E-state index is 0.919. The summed E-state index contributed by atoms with van der Waals surface area (Å²) in [6.07, 6.45) is 0. The average molecular weight is 133 g/mol. The van der Waals surface area contributed by atoms with Gasteiger partial charge in [-0.3, -0.25) is 0 Å². The van der Waals surface area contributed by atoms with Crippen LogP contribution in [0.4, 0.5) is 0 Å². The number of hydrogen-bond donors (Lipinski definition) is 0. The molecule has 0 unspecified atom stereocenters. The second kappa shape index (κ2) is 1.81. The van der Waals surface area contributed by atoms with Crippen LogP contribution in [0.15, 0.2) is 17.6 Å². The van der Waals surface area contributed by atoms with Gasteiger partial charge in [0, 0.05) is 12.1 Å². The van der Waals surface area contributed by atoms with Crippen molar-refractivity contribution in [3.05, 3.63) is 29.8 Å². The van der Waals surface area contributed by atoms with Crippen molar-refractivity contribution in [1.82, 2.24) is 4.98 Å². The van der Waals surface area contributed by atoms with Gasteiger partial charge in [-0.1, -0.05) is 12.1 Å². The maximum absolute atomic E-state index is 4.05. The Balaban J connectivity index is 2.95. The highest BCUT2D eigenvalue weighted by molar-refractivity contribution is 7.16. The second-order valence-electron chi connectivity index (χ2n) is 1.65. The first-order valence-corrected chi connectivity index (χ1v) is 3.46. The van der Waals surface area contributed by atoms with Crippen molar-refractivity contribution in [1.29, 1.82) is 0 Å². The van der Waals surface area contributed by atoms with Gasteiger partial charge in [0.1, 0.15) is 0 Å². The van der Waals surface area contributed by atoms with E-state index in [0.29, 0.717) is 0 Å². The first-order valence-electron chi connectivity index (χ1n) is 2.58. The molecule has 2 heteroatoms. The lowest BCUT2D eigenvalue weighted by Gasteiger charge is -1.78. The Morgan fingerprint density at radius 3 is 3.11 bits per heavy atom. The van der Waals surface area contributed by atoms with Gasteiger partial charge in [0.15, 0.2) is 0 Å². The van der Waals surface area contributed by atoms with Crippen LogP contribution in [0.1, 0.15) is 0 Å². The standard InChI is InChI=1S/C7H3NS/c1-2-4-7-6(3-1)8-5-9-7/h1-2,5H. The summed E-state index contributed by atoms with van der Waals surface area (Å²) in [5, 5.41) is 0. The Bertz CT molecular complexity index is 283. The number of benzene rings is 1. The molecule has 2 rings (SSSR count). The quantitative estimate of drug-likeness (QED) is 0.534. The van der Waals surface area contributed by atoms with Gasteiger partial charge in [0.25, 0.3) is 0 Å². The summed E-state index contributed by atoms with van der Waals surface area (Å²) < 4.78 is 1.08. The Morgan fingerprint density at radius 2 is 2.22 bits per heavy atom. The van der Waals surface area contributed by atoms with E-state index in [-0.39, 0.29) is 0 Å². The van der Waals surface area contributed by atoms with Crippen molar-refractivity contribution in [3.63, 3.8) is 0 Å². The van der Waals surface area contributed by atoms with Crippen LogP contribution in [0.25, 0.3) is 10.2 Å². The zero-order valence-corrected chi connectivity index (χ0v) is 5.40. The van der Waals surface area contributed by atoms with E-state index in [0.717, 1.165) is 10.2 Å². The van der Waals surface area contributed by atoms with E-state index in [2.05, 4.69) is 17.1 Å². The van der Waals surface area contributed by atoms with Gasteiger partial charge < -0.3 is 0 Å². The topological polar surface area (TPSA) is 12.9 Å². The van der Waals surface area contributed by atoms with Crippen LogP contribution in [-0.4, -0.2) is 4.98 Å². The minimum Gasteiger partial charge on any atom is -0.244 e. The molecular weight excluding hydrogens is 130 g/mol. The Kier molecular flexibility index (Phi) is 0.993. The molecule has 0 aliphatic heterocycles. The van der Waals surface area contributed by atoms with E-state index in [9.17, 15) is 0 Å². The van der Waals surface area contributed by atoms with Crippen molar-refractivity contribution in [2.24, 2.45) is 0 Å². The third-order valence-electron chi connectivity index (χ3n) is 1.09. The second-order valence-corrected chi connectivity index (χ2v) is 2.51. The van der Waals surface area contributed by atoms with E-state index in [1.165, 1.54) is 0 Å². The molecule has 0 N–H and O–H groups in total. The molecule has 1 nitrogen and oxygen atoms in total. The van der Waals surface area contributed by atoms with E-state index in [1.54, 1.807) is 16.8 Å². The number of thiazole rings is 1. The summed E-state index contributed by atoms with van der Waals surface area (Å²) in [6.45, 7) is 0. The largest absolute Gasteiger partial charge is 0.244 e. The zero-order chi connectivity index (χ0) is 6.10. The molecule has 0 amide bonds. The van der Waals surface area contributed by atoms with Gasteiger partial charge in [-0.25, -0.2) is 4.98 Å². The Morgan fingerprint density at radius 1 is 1.33 bits per heavy atom. The highest BCUT2D eigenvalue weighted by Crippen LogP contribution is 2.14. The molecular formula is C7H3NS. The fraction of sp³-hybridized carbons (Fsp3) is 0. The number of nitrogens with zero attached hydrogens (tertiary/aromatic N) is 1. The third-order valence-corrected chi connectivity index (χ3v) is 1.84. The first-order chi connectivity index (χ1) is 4.47. The van der Waals surface area contributed by atoms with Crippen molar-refractivity contribution in [2.45, 2.75) is 0 Å². The average Bonchev–Trinajstić information content (AvgIpc) is 2.33. The van der Waals surface area contributed by atoms with Crippen molar-refractivity contribution in [2.75, 3.05) is 0 Å². The minimum atomic E-state index is 0.919. The Labute approximate surface area is 57.0 Å². The highest BCUT2D eigenvalue weighted by Gasteiger charge is 1.90. The van der Waals surface area contributed by atoms with E-state index >= 15 is 0 Å². The van der Waals surface area contributed by atoms with Crippen LogP contribution in [0.5, 0.6) is 0 Å². The maximum atomic E-state index is 4.05. The normalized spacial score (nSPS) is 10.2. The fourth-order valence-corrected chi connectivity index (χ4v) is 1.31. The molecule has 0 saturated carbocycles. The molecule has 42 valence electrons. The van der Waals surface area contributed by atoms with Gasteiger partial charge in [-0.2, -0.15) is 0 Å². The Hall–Kier alpha value is -0.890. The molecule has 2 aromatic rings. The molecule has 0 bridgehead atoms. The SMILES string of the molecule is [c]1cc[c]c2scnc12. The number of fused-ring (bicyclic) bond motifs is 1. The molecule has 0 fully saturated rings. The van der Waals surface area contributed by atoms with Crippen LogP contribution in [0, 0.1) is 12.1 Å². The summed E-state index contributed by atoms with van der Waals surface area (Å²) in [5.41, 5.74) is 2.72. The molecule has 1 heterocycles. The lowest BCUT2D eigenvalue weighted by molar-refractivity contribution is 1.50. The molecule has 0 aliphatic carbocycles. The van der Waals surface area contributed by atoms with E-state index in [1.807, 2.05) is 12.1 Å². The fourth-order valence-electron chi connectivity index (χ4n) is 0.689.